The first-order chi connectivity index (χ1) is 8.69. The summed E-state index contributed by atoms with van der Waals surface area (Å²) in [5, 5.41) is 0. The molecular weight excluding hydrogens is 272 g/mol. The first kappa shape index (κ1) is 16.0. The molecule has 1 aromatic carbocycles. The molecule has 2 N–H and O–H groups in total. The molecule has 0 aliphatic heterocycles. The van der Waals surface area contributed by atoms with Gasteiger partial charge in [0.05, 0.1) is 4.90 Å². The maximum Gasteiger partial charge on any atom is 0.341 e. The van der Waals surface area contributed by atoms with Gasteiger partial charge in [0.25, 0.3) is 0 Å². The number of sulfone groups is 1. The van der Waals surface area contributed by atoms with Crippen LogP contribution in [0.4, 0.5) is 8.78 Å². The van der Waals surface area contributed by atoms with Gasteiger partial charge >= 0.3 is 5.76 Å². The summed E-state index contributed by atoms with van der Waals surface area (Å²) in [5.41, 5.74) is 6.24. The summed E-state index contributed by atoms with van der Waals surface area (Å²) in [5.74, 6) is -3.66. The summed E-state index contributed by atoms with van der Waals surface area (Å²) in [6.07, 6.45) is 0. The third-order valence-corrected chi connectivity index (χ3v) is 4.56. The second-order valence-electron chi connectivity index (χ2n) is 4.97. The van der Waals surface area contributed by atoms with E-state index in [-0.39, 0.29) is 22.8 Å². The Balaban J connectivity index is 3.46. The fourth-order valence-electron chi connectivity index (χ4n) is 2.36. The highest BCUT2D eigenvalue weighted by molar-refractivity contribution is 7.91. The lowest BCUT2D eigenvalue weighted by atomic mass is 9.83. The van der Waals surface area contributed by atoms with Gasteiger partial charge in [-0.25, -0.2) is 8.42 Å². The van der Waals surface area contributed by atoms with Crippen LogP contribution in [0.5, 0.6) is 0 Å². The molecule has 0 fully saturated rings. The predicted octanol–water partition coefficient (Wildman–Crippen LogP) is 2.77. The lowest BCUT2D eigenvalue weighted by Crippen LogP contribution is -2.30. The van der Waals surface area contributed by atoms with E-state index in [0.717, 1.165) is 0 Å². The van der Waals surface area contributed by atoms with Crippen LogP contribution in [0.15, 0.2) is 29.2 Å². The third kappa shape index (κ3) is 3.30. The normalized spacial score (nSPS) is 15.8. The molecule has 2 atom stereocenters. The molecule has 0 aliphatic rings. The molecule has 6 heteroatoms. The van der Waals surface area contributed by atoms with Crippen LogP contribution >= 0.6 is 0 Å². The molecule has 0 aliphatic carbocycles. The Morgan fingerprint density at radius 1 is 1.11 bits per heavy atom. The molecule has 3 nitrogen and oxygen atoms in total. The lowest BCUT2D eigenvalue weighted by molar-refractivity contribution is 0.234. The molecule has 0 saturated heterocycles. The van der Waals surface area contributed by atoms with Crippen LogP contribution in [0.2, 0.25) is 0 Å². The highest BCUT2D eigenvalue weighted by Crippen LogP contribution is 2.33. The minimum Gasteiger partial charge on any atom is -0.327 e. The Morgan fingerprint density at radius 2 is 1.63 bits per heavy atom. The summed E-state index contributed by atoms with van der Waals surface area (Å²) < 4.78 is 48.9. The van der Waals surface area contributed by atoms with Crippen molar-refractivity contribution in [3.63, 3.8) is 0 Å². The quantitative estimate of drug-likeness (QED) is 0.907. The Morgan fingerprint density at radius 3 is 2.05 bits per heavy atom. The molecule has 1 rings (SSSR count). The standard InChI is InChI=1S/C13H19F2NO2S/c1-8(2)12(9(3)16)10-6-4-5-7-11(10)19(17,18)13(14)15/h4-9,12-13H,16H2,1-3H3. The van der Waals surface area contributed by atoms with Gasteiger partial charge in [-0.2, -0.15) is 8.78 Å². The first-order valence-electron chi connectivity index (χ1n) is 6.06. The van der Waals surface area contributed by atoms with Gasteiger partial charge in [0, 0.05) is 12.0 Å². The van der Waals surface area contributed by atoms with Gasteiger partial charge in [0.15, 0.2) is 0 Å². The fraction of sp³-hybridized carbons (Fsp3) is 0.538. The lowest BCUT2D eigenvalue weighted by Gasteiger charge is -2.27. The maximum absolute atomic E-state index is 12.7. The van der Waals surface area contributed by atoms with Crippen molar-refractivity contribution in [3.8, 4) is 0 Å². The van der Waals surface area contributed by atoms with E-state index in [0.29, 0.717) is 5.56 Å². The minimum atomic E-state index is -4.61. The van der Waals surface area contributed by atoms with E-state index < -0.39 is 15.6 Å². The van der Waals surface area contributed by atoms with Crippen molar-refractivity contribution in [2.45, 2.75) is 43.4 Å². The van der Waals surface area contributed by atoms with E-state index in [2.05, 4.69) is 0 Å². The van der Waals surface area contributed by atoms with Crippen molar-refractivity contribution in [1.29, 1.82) is 0 Å². The number of hydrogen-bond donors (Lipinski definition) is 1. The van der Waals surface area contributed by atoms with Gasteiger partial charge in [-0.1, -0.05) is 32.0 Å². The molecule has 1 aromatic rings. The number of alkyl halides is 2. The van der Waals surface area contributed by atoms with Crippen molar-refractivity contribution in [3.05, 3.63) is 29.8 Å². The van der Waals surface area contributed by atoms with Crippen LogP contribution in [0.3, 0.4) is 0 Å². The average Bonchev–Trinajstić information content (AvgIpc) is 2.28. The maximum atomic E-state index is 12.7. The highest BCUT2D eigenvalue weighted by atomic mass is 32.2. The number of rotatable bonds is 5. The van der Waals surface area contributed by atoms with E-state index in [9.17, 15) is 17.2 Å². The van der Waals surface area contributed by atoms with E-state index in [1.165, 1.54) is 12.1 Å². The molecular formula is C13H19F2NO2S. The zero-order valence-electron chi connectivity index (χ0n) is 11.2. The summed E-state index contributed by atoms with van der Waals surface area (Å²) in [4.78, 5) is -0.319. The van der Waals surface area contributed by atoms with Gasteiger partial charge in [0.1, 0.15) is 0 Å². The second kappa shape index (κ2) is 5.96. The highest BCUT2D eigenvalue weighted by Gasteiger charge is 2.32. The van der Waals surface area contributed by atoms with Crippen LogP contribution in [0.25, 0.3) is 0 Å². The van der Waals surface area contributed by atoms with Crippen LogP contribution in [-0.4, -0.2) is 20.2 Å². The van der Waals surface area contributed by atoms with Crippen molar-refractivity contribution < 1.29 is 17.2 Å². The summed E-state index contributed by atoms with van der Waals surface area (Å²) in [7, 11) is -4.61. The fourth-order valence-corrected chi connectivity index (χ4v) is 3.35. The van der Waals surface area contributed by atoms with Crippen molar-refractivity contribution >= 4 is 9.84 Å². The van der Waals surface area contributed by atoms with E-state index in [1.807, 2.05) is 13.8 Å². The predicted molar refractivity (Wildman–Crippen MR) is 70.9 cm³/mol. The Kier molecular flexibility index (Phi) is 5.04. The largest absolute Gasteiger partial charge is 0.341 e. The zero-order valence-corrected chi connectivity index (χ0v) is 12.0. The molecule has 0 amide bonds. The topological polar surface area (TPSA) is 60.2 Å². The number of nitrogens with two attached hydrogens (primary N) is 1. The molecule has 0 heterocycles. The Hall–Kier alpha value is -1.01. The van der Waals surface area contributed by atoms with Gasteiger partial charge < -0.3 is 5.73 Å². The number of hydrogen-bond acceptors (Lipinski definition) is 3. The minimum absolute atomic E-state index is 0.0500. The first-order valence-corrected chi connectivity index (χ1v) is 7.60. The molecule has 2 unspecified atom stereocenters. The molecule has 0 spiro atoms. The zero-order chi connectivity index (χ0) is 14.8. The second-order valence-corrected chi connectivity index (χ2v) is 6.86. The van der Waals surface area contributed by atoms with Gasteiger partial charge in [0.2, 0.25) is 9.84 Å². The van der Waals surface area contributed by atoms with E-state index in [1.54, 1.807) is 19.1 Å². The number of benzene rings is 1. The molecule has 108 valence electrons. The van der Waals surface area contributed by atoms with Gasteiger partial charge in [-0.05, 0) is 24.5 Å². The number of halogens is 2. The van der Waals surface area contributed by atoms with Crippen molar-refractivity contribution in [1.82, 2.24) is 0 Å². The summed E-state index contributed by atoms with van der Waals surface area (Å²) >= 11 is 0. The van der Waals surface area contributed by atoms with Crippen molar-refractivity contribution in [2.24, 2.45) is 11.7 Å². The van der Waals surface area contributed by atoms with Crippen LogP contribution in [0.1, 0.15) is 32.3 Å². The van der Waals surface area contributed by atoms with Gasteiger partial charge in [-0.15, -0.1) is 0 Å². The Labute approximate surface area is 112 Å². The summed E-state index contributed by atoms with van der Waals surface area (Å²) in [6.45, 7) is 5.52. The van der Waals surface area contributed by atoms with E-state index >= 15 is 0 Å². The Bertz CT molecular complexity index is 519. The van der Waals surface area contributed by atoms with Gasteiger partial charge in [-0.3, -0.25) is 0 Å². The van der Waals surface area contributed by atoms with Crippen LogP contribution in [-0.2, 0) is 9.84 Å². The van der Waals surface area contributed by atoms with Crippen LogP contribution in [0, 0.1) is 5.92 Å². The smallest absolute Gasteiger partial charge is 0.327 e. The summed E-state index contributed by atoms with van der Waals surface area (Å²) in [6, 6.07) is 5.53. The van der Waals surface area contributed by atoms with E-state index in [4.69, 9.17) is 5.73 Å². The molecule has 0 bridgehead atoms. The third-order valence-electron chi connectivity index (χ3n) is 3.10. The average molecular weight is 291 g/mol. The monoisotopic (exact) mass is 291 g/mol. The molecule has 0 saturated carbocycles. The molecule has 0 radical (unpaired) electrons. The molecule has 19 heavy (non-hydrogen) atoms. The van der Waals surface area contributed by atoms with Crippen molar-refractivity contribution in [2.75, 3.05) is 0 Å². The van der Waals surface area contributed by atoms with Crippen LogP contribution < -0.4 is 5.73 Å². The SMILES string of the molecule is CC(C)C(c1ccccc1S(=O)(=O)C(F)F)C(C)N. The molecule has 0 aromatic heterocycles.